The minimum atomic E-state index is -0.333. The zero-order valence-corrected chi connectivity index (χ0v) is 11.1. The Morgan fingerprint density at radius 1 is 1.00 bits per heavy atom. The fraction of sp³-hybridized carbons (Fsp3) is 0.0625. The summed E-state index contributed by atoms with van der Waals surface area (Å²) in [5.74, 6) is -0.612. The van der Waals surface area contributed by atoms with Crippen LogP contribution in [-0.4, -0.2) is 9.78 Å². The Kier molecular flexibility index (Phi) is 3.39. The minimum Gasteiger partial charge on any atom is -0.396 e. The van der Waals surface area contributed by atoms with Crippen LogP contribution in [0.15, 0.2) is 54.7 Å². The summed E-state index contributed by atoms with van der Waals surface area (Å²) in [6.07, 6.45) is 1.68. The maximum atomic E-state index is 13.3. The van der Waals surface area contributed by atoms with Crippen molar-refractivity contribution in [1.82, 2.24) is 9.78 Å². The Morgan fingerprint density at radius 3 is 2.48 bits per heavy atom. The van der Waals surface area contributed by atoms with E-state index in [0.29, 0.717) is 23.5 Å². The van der Waals surface area contributed by atoms with Gasteiger partial charge in [-0.1, -0.05) is 24.3 Å². The Labute approximate surface area is 120 Å². The zero-order chi connectivity index (χ0) is 14.8. The van der Waals surface area contributed by atoms with Crippen LogP contribution in [0.25, 0.3) is 11.3 Å². The highest BCUT2D eigenvalue weighted by Gasteiger charge is 2.09. The number of benzene rings is 2. The molecule has 0 unspecified atom stereocenters. The van der Waals surface area contributed by atoms with Gasteiger partial charge in [-0.15, -0.1) is 0 Å². The highest BCUT2D eigenvalue weighted by Crippen LogP contribution is 2.24. The third kappa shape index (κ3) is 2.91. The molecular formula is C16H13F2N3. The number of nitrogens with two attached hydrogens (primary N) is 1. The molecule has 0 amide bonds. The number of nitrogens with zero attached hydrogens (tertiary/aromatic N) is 2. The van der Waals surface area contributed by atoms with Gasteiger partial charge in [0.15, 0.2) is 0 Å². The molecule has 0 atom stereocenters. The summed E-state index contributed by atoms with van der Waals surface area (Å²) in [6.45, 7) is 0.472. The number of aromatic nitrogens is 2. The van der Waals surface area contributed by atoms with Crippen LogP contribution in [-0.2, 0) is 6.54 Å². The van der Waals surface area contributed by atoms with Gasteiger partial charge in [0.1, 0.15) is 17.3 Å². The van der Waals surface area contributed by atoms with Crippen molar-refractivity contribution in [3.8, 4) is 11.3 Å². The molecule has 106 valence electrons. The van der Waals surface area contributed by atoms with Crippen LogP contribution in [0.3, 0.4) is 0 Å². The normalized spacial score (nSPS) is 10.8. The number of halogens is 2. The van der Waals surface area contributed by atoms with Gasteiger partial charge in [0, 0.05) is 11.8 Å². The van der Waals surface area contributed by atoms with Crippen LogP contribution in [0.1, 0.15) is 5.56 Å². The Bertz CT molecular complexity index is 763. The van der Waals surface area contributed by atoms with E-state index in [1.807, 2.05) is 0 Å². The molecule has 0 saturated carbocycles. The average Bonchev–Trinajstić information content (AvgIpc) is 2.82. The Balaban J connectivity index is 1.89. The van der Waals surface area contributed by atoms with Crippen LogP contribution >= 0.6 is 0 Å². The van der Waals surface area contributed by atoms with Crippen LogP contribution in [0, 0.1) is 11.6 Å². The molecule has 5 heteroatoms. The van der Waals surface area contributed by atoms with Gasteiger partial charge in [-0.2, -0.15) is 5.10 Å². The van der Waals surface area contributed by atoms with E-state index in [1.54, 1.807) is 35.1 Å². The van der Waals surface area contributed by atoms with Crippen molar-refractivity contribution in [3.63, 3.8) is 0 Å². The molecule has 0 bridgehead atoms. The van der Waals surface area contributed by atoms with E-state index >= 15 is 0 Å². The summed E-state index contributed by atoms with van der Waals surface area (Å²) in [6, 6.07) is 12.3. The van der Waals surface area contributed by atoms with Crippen molar-refractivity contribution >= 4 is 5.69 Å². The van der Waals surface area contributed by atoms with Crippen molar-refractivity contribution < 1.29 is 8.78 Å². The average molecular weight is 285 g/mol. The summed E-state index contributed by atoms with van der Waals surface area (Å²) < 4.78 is 27.8. The number of rotatable bonds is 3. The molecule has 0 aliphatic heterocycles. The summed E-state index contributed by atoms with van der Waals surface area (Å²) in [4.78, 5) is 0. The van der Waals surface area contributed by atoms with E-state index in [4.69, 9.17) is 5.73 Å². The van der Waals surface area contributed by atoms with Crippen molar-refractivity contribution in [3.05, 3.63) is 71.9 Å². The highest BCUT2D eigenvalue weighted by atomic mass is 19.1. The molecule has 0 radical (unpaired) electrons. The molecule has 2 N–H and O–H groups in total. The van der Waals surface area contributed by atoms with Crippen molar-refractivity contribution in [1.29, 1.82) is 0 Å². The van der Waals surface area contributed by atoms with Gasteiger partial charge >= 0.3 is 0 Å². The summed E-state index contributed by atoms with van der Waals surface area (Å²) >= 11 is 0. The molecule has 0 aliphatic carbocycles. The van der Waals surface area contributed by atoms with Gasteiger partial charge < -0.3 is 5.73 Å². The maximum absolute atomic E-state index is 13.3. The second-order valence-electron chi connectivity index (χ2n) is 4.77. The smallest absolute Gasteiger partial charge is 0.123 e. The first kappa shape index (κ1) is 13.3. The summed E-state index contributed by atoms with van der Waals surface area (Å²) in [5, 5.41) is 4.37. The Morgan fingerprint density at radius 2 is 1.76 bits per heavy atom. The van der Waals surface area contributed by atoms with Crippen LogP contribution < -0.4 is 5.73 Å². The second kappa shape index (κ2) is 5.36. The third-order valence-electron chi connectivity index (χ3n) is 3.15. The van der Waals surface area contributed by atoms with Gasteiger partial charge in [0.2, 0.25) is 0 Å². The lowest BCUT2D eigenvalue weighted by molar-refractivity contribution is 0.624. The van der Waals surface area contributed by atoms with Gasteiger partial charge in [-0.05, 0) is 29.8 Å². The minimum absolute atomic E-state index is 0.279. The van der Waals surface area contributed by atoms with E-state index in [1.165, 1.54) is 24.3 Å². The first-order valence-electron chi connectivity index (χ1n) is 6.45. The monoisotopic (exact) mass is 285 g/mol. The predicted octanol–water partition coefficient (Wildman–Crippen LogP) is 3.46. The fourth-order valence-electron chi connectivity index (χ4n) is 2.15. The molecule has 3 rings (SSSR count). The van der Waals surface area contributed by atoms with Crippen LogP contribution in [0.5, 0.6) is 0 Å². The van der Waals surface area contributed by atoms with Crippen molar-refractivity contribution in [2.75, 3.05) is 5.73 Å². The zero-order valence-electron chi connectivity index (χ0n) is 11.1. The molecule has 0 fully saturated rings. The molecule has 0 aliphatic rings. The topological polar surface area (TPSA) is 43.8 Å². The first-order valence-corrected chi connectivity index (χ1v) is 6.45. The molecule has 1 heterocycles. The van der Waals surface area contributed by atoms with E-state index in [-0.39, 0.29) is 11.6 Å². The summed E-state index contributed by atoms with van der Waals surface area (Å²) in [5.41, 5.74) is 8.49. The molecule has 0 saturated heterocycles. The van der Waals surface area contributed by atoms with E-state index in [2.05, 4.69) is 5.10 Å². The molecular weight excluding hydrogens is 272 g/mol. The van der Waals surface area contributed by atoms with Crippen molar-refractivity contribution in [2.24, 2.45) is 0 Å². The standard InChI is InChI=1S/C16H13F2N3/c17-13-6-4-11(5-7-13)9-21-10-15(19)16(20-21)12-2-1-3-14(18)8-12/h1-8,10H,9,19H2. The largest absolute Gasteiger partial charge is 0.396 e. The number of hydrogen-bond acceptors (Lipinski definition) is 2. The first-order chi connectivity index (χ1) is 10.1. The van der Waals surface area contributed by atoms with Gasteiger partial charge in [-0.25, -0.2) is 8.78 Å². The SMILES string of the molecule is Nc1cn(Cc2ccc(F)cc2)nc1-c1cccc(F)c1. The lowest BCUT2D eigenvalue weighted by atomic mass is 10.1. The summed E-state index contributed by atoms with van der Waals surface area (Å²) in [7, 11) is 0. The Hall–Kier alpha value is -2.69. The molecule has 21 heavy (non-hydrogen) atoms. The van der Waals surface area contributed by atoms with Crippen molar-refractivity contribution in [2.45, 2.75) is 6.54 Å². The molecule has 3 aromatic rings. The van der Waals surface area contributed by atoms with E-state index < -0.39 is 0 Å². The lowest BCUT2D eigenvalue weighted by Crippen LogP contribution is -2.00. The van der Waals surface area contributed by atoms with Gasteiger partial charge in [-0.3, -0.25) is 4.68 Å². The lowest BCUT2D eigenvalue weighted by Gasteiger charge is -2.02. The van der Waals surface area contributed by atoms with Crippen LogP contribution in [0.2, 0.25) is 0 Å². The van der Waals surface area contributed by atoms with Crippen LogP contribution in [0.4, 0.5) is 14.5 Å². The fourth-order valence-corrected chi connectivity index (χ4v) is 2.15. The van der Waals surface area contributed by atoms with Gasteiger partial charge in [0.25, 0.3) is 0 Å². The third-order valence-corrected chi connectivity index (χ3v) is 3.15. The quantitative estimate of drug-likeness (QED) is 0.801. The molecule has 2 aromatic carbocycles. The maximum Gasteiger partial charge on any atom is 0.123 e. The number of nitrogen functional groups attached to an aromatic ring is 1. The van der Waals surface area contributed by atoms with Gasteiger partial charge in [0.05, 0.1) is 12.2 Å². The van der Waals surface area contributed by atoms with E-state index in [0.717, 1.165) is 5.56 Å². The molecule has 3 nitrogen and oxygen atoms in total. The number of anilines is 1. The second-order valence-corrected chi connectivity index (χ2v) is 4.77. The molecule has 1 aromatic heterocycles. The highest BCUT2D eigenvalue weighted by molar-refractivity contribution is 5.71. The van der Waals surface area contributed by atoms with E-state index in [9.17, 15) is 8.78 Å². The predicted molar refractivity (Wildman–Crippen MR) is 77.5 cm³/mol. The number of hydrogen-bond donors (Lipinski definition) is 1. The molecule has 0 spiro atoms.